The van der Waals surface area contributed by atoms with Crippen molar-refractivity contribution in [1.82, 2.24) is 4.31 Å². The van der Waals surface area contributed by atoms with E-state index in [-0.39, 0.29) is 16.4 Å². The minimum absolute atomic E-state index is 0.0861. The number of nitrogens with zero attached hydrogens (tertiary/aromatic N) is 2. The van der Waals surface area contributed by atoms with Crippen LogP contribution in [-0.2, 0) is 14.8 Å². The number of hydrogen-bond acceptors (Lipinski definition) is 6. The van der Waals surface area contributed by atoms with E-state index in [4.69, 9.17) is 14.7 Å². The third kappa shape index (κ3) is 5.10. The summed E-state index contributed by atoms with van der Waals surface area (Å²) in [5.74, 6) is -0.484. The molecule has 0 bridgehead atoms. The largest absolute Gasteiger partial charge is 0.490 e. The smallest absolute Gasteiger partial charge is 0.326 e. The molecule has 0 aliphatic heterocycles. The molecule has 0 amide bonds. The third-order valence-electron chi connectivity index (χ3n) is 3.74. The van der Waals surface area contributed by atoms with Crippen LogP contribution in [0.1, 0.15) is 18.1 Å². The molecule has 2 aromatic rings. The number of carbonyl (C=O) groups is 1. The molecule has 0 fully saturated rings. The number of aryl methyl sites for hydroxylation is 1. The molecule has 0 saturated heterocycles. The molecule has 0 radical (unpaired) electrons. The van der Waals surface area contributed by atoms with Gasteiger partial charge in [0.05, 0.1) is 27.6 Å². The second-order valence-corrected chi connectivity index (χ2v) is 8.78. The number of halogens is 1. The number of carbonyl (C=O) groups excluding carboxylic acids is 1. The number of rotatable bonds is 7. The van der Waals surface area contributed by atoms with Crippen LogP contribution in [-0.4, -0.2) is 38.9 Å². The van der Waals surface area contributed by atoms with Crippen molar-refractivity contribution in [3.63, 3.8) is 0 Å². The summed E-state index contributed by atoms with van der Waals surface area (Å²) in [4.78, 5) is 12.4. The van der Waals surface area contributed by atoms with Gasteiger partial charge in [0.1, 0.15) is 6.54 Å². The fraction of sp³-hybridized carbons (Fsp3) is 0.263. The number of hydrogen-bond donors (Lipinski definition) is 0. The van der Waals surface area contributed by atoms with Gasteiger partial charge < -0.3 is 9.47 Å². The molecule has 0 saturated carbocycles. The van der Waals surface area contributed by atoms with E-state index in [1.54, 1.807) is 19.1 Å². The van der Waals surface area contributed by atoms with Gasteiger partial charge >= 0.3 is 5.97 Å². The SMILES string of the molecule is CCOc1cc(C#N)cc(Br)c1OC(=O)CN(C)S(=O)(=O)c1ccc(C)cc1. The van der Waals surface area contributed by atoms with Gasteiger partial charge in [0.2, 0.25) is 10.0 Å². The maximum absolute atomic E-state index is 12.6. The van der Waals surface area contributed by atoms with Crippen LogP contribution in [0.5, 0.6) is 11.5 Å². The van der Waals surface area contributed by atoms with E-state index < -0.39 is 22.5 Å². The maximum atomic E-state index is 12.6. The average molecular weight is 467 g/mol. The predicted octanol–water partition coefficient (Wildman–Crippen LogP) is 3.25. The number of ether oxygens (including phenoxy) is 2. The van der Waals surface area contributed by atoms with Gasteiger partial charge in [-0.15, -0.1) is 0 Å². The molecule has 0 aliphatic rings. The molecule has 0 atom stereocenters. The van der Waals surface area contributed by atoms with Crippen molar-refractivity contribution in [1.29, 1.82) is 5.26 Å². The molecule has 0 N–H and O–H groups in total. The Labute approximate surface area is 172 Å². The molecule has 0 aliphatic carbocycles. The molecule has 0 heterocycles. The van der Waals surface area contributed by atoms with E-state index in [0.29, 0.717) is 16.6 Å². The highest BCUT2D eigenvalue weighted by Gasteiger charge is 2.25. The van der Waals surface area contributed by atoms with E-state index >= 15 is 0 Å². The number of esters is 1. The summed E-state index contributed by atoms with van der Waals surface area (Å²) in [5.41, 5.74) is 1.25. The first-order chi connectivity index (χ1) is 13.2. The Morgan fingerprint density at radius 1 is 1.25 bits per heavy atom. The van der Waals surface area contributed by atoms with Crippen molar-refractivity contribution in [2.45, 2.75) is 18.7 Å². The van der Waals surface area contributed by atoms with E-state index in [0.717, 1.165) is 9.87 Å². The lowest BCUT2D eigenvalue weighted by Gasteiger charge is -2.18. The van der Waals surface area contributed by atoms with E-state index in [1.165, 1.54) is 31.3 Å². The van der Waals surface area contributed by atoms with Crippen molar-refractivity contribution in [2.75, 3.05) is 20.2 Å². The summed E-state index contributed by atoms with van der Waals surface area (Å²) >= 11 is 3.25. The Kier molecular flexibility index (Phi) is 7.18. The van der Waals surface area contributed by atoms with Crippen molar-refractivity contribution < 1.29 is 22.7 Å². The first kappa shape index (κ1) is 21.9. The second-order valence-electron chi connectivity index (χ2n) is 5.88. The Hall–Kier alpha value is -2.41. The summed E-state index contributed by atoms with van der Waals surface area (Å²) in [6.45, 7) is 3.41. The number of likely N-dealkylation sites (N-methyl/N-ethyl adjacent to an activating group) is 1. The molecule has 0 aromatic heterocycles. The van der Waals surface area contributed by atoms with Crippen molar-refractivity contribution in [3.8, 4) is 17.6 Å². The standard InChI is InChI=1S/C19H19BrN2O5S/c1-4-26-17-10-14(11-21)9-16(20)19(17)27-18(23)12-22(3)28(24,25)15-7-5-13(2)6-8-15/h5-10H,4,12H2,1-3H3. The van der Waals surface area contributed by atoms with Gasteiger partial charge in [0.25, 0.3) is 0 Å². The molecule has 28 heavy (non-hydrogen) atoms. The summed E-state index contributed by atoms with van der Waals surface area (Å²) in [7, 11) is -2.54. The Morgan fingerprint density at radius 2 is 1.89 bits per heavy atom. The minimum Gasteiger partial charge on any atom is -0.490 e. The van der Waals surface area contributed by atoms with Crippen molar-refractivity contribution in [2.24, 2.45) is 0 Å². The van der Waals surface area contributed by atoms with Crippen LogP contribution >= 0.6 is 15.9 Å². The van der Waals surface area contributed by atoms with Gasteiger partial charge in [-0.25, -0.2) is 8.42 Å². The lowest BCUT2D eigenvalue weighted by Crippen LogP contribution is -2.34. The van der Waals surface area contributed by atoms with E-state index in [1.807, 2.05) is 13.0 Å². The first-order valence-electron chi connectivity index (χ1n) is 8.29. The van der Waals surface area contributed by atoms with Gasteiger partial charge in [-0.05, 0) is 48.0 Å². The summed E-state index contributed by atoms with van der Waals surface area (Å²) in [6, 6.07) is 11.2. The van der Waals surface area contributed by atoms with Gasteiger partial charge in [-0.3, -0.25) is 4.79 Å². The lowest BCUT2D eigenvalue weighted by molar-refractivity contribution is -0.134. The zero-order valence-corrected chi connectivity index (χ0v) is 18.0. The molecule has 2 rings (SSSR count). The molecule has 0 unspecified atom stereocenters. The second kappa shape index (κ2) is 9.19. The summed E-state index contributed by atoms with van der Waals surface area (Å²) < 4.78 is 37.2. The van der Waals surface area contributed by atoms with Gasteiger partial charge in [-0.2, -0.15) is 9.57 Å². The van der Waals surface area contributed by atoms with Gasteiger partial charge in [0.15, 0.2) is 11.5 Å². The highest BCUT2D eigenvalue weighted by molar-refractivity contribution is 9.10. The Balaban J connectivity index is 2.20. The third-order valence-corrected chi connectivity index (χ3v) is 6.14. The highest BCUT2D eigenvalue weighted by Crippen LogP contribution is 2.37. The zero-order chi connectivity index (χ0) is 20.9. The van der Waals surface area contributed by atoms with Crippen LogP contribution in [0.15, 0.2) is 45.8 Å². The van der Waals surface area contributed by atoms with Crippen LogP contribution < -0.4 is 9.47 Å². The Morgan fingerprint density at radius 3 is 2.46 bits per heavy atom. The zero-order valence-electron chi connectivity index (χ0n) is 15.6. The molecule has 7 nitrogen and oxygen atoms in total. The highest BCUT2D eigenvalue weighted by atomic mass is 79.9. The van der Waals surface area contributed by atoms with Crippen molar-refractivity contribution >= 4 is 31.9 Å². The van der Waals surface area contributed by atoms with Crippen LogP contribution in [0.3, 0.4) is 0 Å². The number of nitriles is 1. The molecule has 0 spiro atoms. The monoisotopic (exact) mass is 466 g/mol. The molecule has 148 valence electrons. The molecule has 9 heteroatoms. The summed E-state index contributed by atoms with van der Waals surface area (Å²) in [5, 5.41) is 9.05. The van der Waals surface area contributed by atoms with Crippen LogP contribution in [0.25, 0.3) is 0 Å². The van der Waals surface area contributed by atoms with Crippen LogP contribution in [0.4, 0.5) is 0 Å². The van der Waals surface area contributed by atoms with Gasteiger partial charge in [-0.1, -0.05) is 17.7 Å². The topological polar surface area (TPSA) is 96.7 Å². The number of benzene rings is 2. The van der Waals surface area contributed by atoms with E-state index in [2.05, 4.69) is 15.9 Å². The lowest BCUT2D eigenvalue weighted by atomic mass is 10.2. The van der Waals surface area contributed by atoms with Crippen LogP contribution in [0.2, 0.25) is 0 Å². The minimum atomic E-state index is -3.84. The fourth-order valence-corrected chi connectivity index (χ4v) is 3.94. The van der Waals surface area contributed by atoms with E-state index in [9.17, 15) is 13.2 Å². The number of sulfonamides is 1. The first-order valence-corrected chi connectivity index (χ1v) is 10.5. The predicted molar refractivity (Wildman–Crippen MR) is 107 cm³/mol. The van der Waals surface area contributed by atoms with Crippen molar-refractivity contribution in [3.05, 3.63) is 52.0 Å². The molecular formula is C19H19BrN2O5S. The fourth-order valence-electron chi connectivity index (χ4n) is 2.30. The normalized spacial score (nSPS) is 11.1. The molecule has 2 aromatic carbocycles. The van der Waals surface area contributed by atoms with Gasteiger partial charge in [0, 0.05) is 13.1 Å². The summed E-state index contributed by atoms with van der Waals surface area (Å²) in [6.07, 6.45) is 0. The molecular weight excluding hydrogens is 448 g/mol. The maximum Gasteiger partial charge on any atom is 0.326 e. The van der Waals surface area contributed by atoms with Crippen LogP contribution in [0, 0.1) is 18.3 Å². The Bertz CT molecular complexity index is 1010. The quantitative estimate of drug-likeness (QED) is 0.458. The average Bonchev–Trinajstić information content (AvgIpc) is 2.64.